The van der Waals surface area contributed by atoms with E-state index in [9.17, 15) is 4.79 Å². The van der Waals surface area contributed by atoms with Crippen LogP contribution < -0.4 is 4.80 Å². The number of halogens is 1. The molecule has 1 amide bonds. The highest BCUT2D eigenvalue weighted by Gasteiger charge is 2.09. The van der Waals surface area contributed by atoms with Crippen LogP contribution in [0.5, 0.6) is 0 Å². The molecule has 0 atom stereocenters. The van der Waals surface area contributed by atoms with Gasteiger partial charge in [-0.2, -0.15) is 4.99 Å². The minimum atomic E-state index is -0.256. The summed E-state index contributed by atoms with van der Waals surface area (Å²) in [5, 5.41) is 0.607. The second kappa shape index (κ2) is 5.71. The van der Waals surface area contributed by atoms with Crippen LogP contribution in [0.15, 0.2) is 41.4 Å². The molecule has 0 saturated heterocycles. The molecule has 5 heteroatoms. The third kappa shape index (κ3) is 2.72. The molecule has 0 bridgehead atoms. The summed E-state index contributed by atoms with van der Waals surface area (Å²) in [5.74, 6) is -0.256. The standard InChI is InChI=1S/C17H15ClN2OS/c1-10-8-11(2)15-14(9-10)20(3)17(22-15)19-16(21)12-4-6-13(18)7-5-12/h4-9H,1-3H3. The summed E-state index contributed by atoms with van der Waals surface area (Å²) in [4.78, 5) is 17.3. The third-order valence-corrected chi connectivity index (χ3v) is 5.06. The van der Waals surface area contributed by atoms with Crippen molar-refractivity contribution >= 4 is 39.1 Å². The number of carbonyl (C=O) groups is 1. The van der Waals surface area contributed by atoms with Crippen LogP contribution in [0.3, 0.4) is 0 Å². The molecule has 3 rings (SSSR count). The van der Waals surface area contributed by atoms with Crippen molar-refractivity contribution in [3.63, 3.8) is 0 Å². The molecule has 0 unspecified atom stereocenters. The van der Waals surface area contributed by atoms with Gasteiger partial charge < -0.3 is 4.57 Å². The minimum absolute atomic E-state index is 0.256. The van der Waals surface area contributed by atoms with E-state index in [0.29, 0.717) is 15.4 Å². The fourth-order valence-corrected chi connectivity index (χ4v) is 3.61. The van der Waals surface area contributed by atoms with Crippen LogP contribution in [-0.2, 0) is 7.05 Å². The summed E-state index contributed by atoms with van der Waals surface area (Å²) in [6.07, 6.45) is 0. The van der Waals surface area contributed by atoms with Crippen molar-refractivity contribution in [2.24, 2.45) is 12.0 Å². The highest BCUT2D eigenvalue weighted by atomic mass is 35.5. The Kier molecular flexibility index (Phi) is 3.89. The molecule has 1 heterocycles. The van der Waals surface area contributed by atoms with Crippen molar-refractivity contribution in [1.29, 1.82) is 0 Å². The number of amides is 1. The van der Waals surface area contributed by atoms with Gasteiger partial charge in [0.25, 0.3) is 5.91 Å². The molecule has 0 aliphatic carbocycles. The second-order valence-corrected chi connectivity index (χ2v) is 6.71. The van der Waals surface area contributed by atoms with E-state index in [4.69, 9.17) is 11.6 Å². The molecule has 0 saturated carbocycles. The molecule has 0 N–H and O–H groups in total. The summed E-state index contributed by atoms with van der Waals surface area (Å²) in [7, 11) is 1.94. The lowest BCUT2D eigenvalue weighted by Crippen LogP contribution is -2.13. The predicted octanol–water partition coefficient (Wildman–Crippen LogP) is 4.25. The van der Waals surface area contributed by atoms with Crippen molar-refractivity contribution in [3.8, 4) is 0 Å². The van der Waals surface area contributed by atoms with E-state index in [1.807, 2.05) is 11.6 Å². The molecule has 0 spiro atoms. The Hall–Kier alpha value is -1.91. The van der Waals surface area contributed by atoms with E-state index >= 15 is 0 Å². The summed E-state index contributed by atoms with van der Waals surface area (Å²) < 4.78 is 3.13. The lowest BCUT2D eigenvalue weighted by Gasteiger charge is -2.00. The zero-order valence-corrected chi connectivity index (χ0v) is 14.1. The summed E-state index contributed by atoms with van der Waals surface area (Å²) >= 11 is 7.38. The van der Waals surface area contributed by atoms with Gasteiger partial charge in [0, 0.05) is 17.6 Å². The number of carbonyl (C=O) groups excluding carboxylic acids is 1. The molecular weight excluding hydrogens is 316 g/mol. The normalized spacial score (nSPS) is 12.1. The molecule has 3 nitrogen and oxygen atoms in total. The molecule has 1 aromatic heterocycles. The molecular formula is C17H15ClN2OS. The first-order valence-electron chi connectivity index (χ1n) is 6.87. The van der Waals surface area contributed by atoms with Gasteiger partial charge in [-0.05, 0) is 55.3 Å². The maximum atomic E-state index is 12.3. The molecule has 2 aromatic carbocycles. The Morgan fingerprint density at radius 3 is 2.55 bits per heavy atom. The van der Waals surface area contributed by atoms with Crippen LogP contribution in [0.25, 0.3) is 10.2 Å². The SMILES string of the molecule is Cc1cc(C)c2sc(=NC(=O)c3ccc(Cl)cc3)n(C)c2c1. The first-order valence-corrected chi connectivity index (χ1v) is 8.06. The minimum Gasteiger partial charge on any atom is -0.319 e. The number of fused-ring (bicyclic) bond motifs is 1. The van der Waals surface area contributed by atoms with Crippen LogP contribution in [-0.4, -0.2) is 10.5 Å². The van der Waals surface area contributed by atoms with E-state index in [0.717, 1.165) is 10.2 Å². The molecule has 22 heavy (non-hydrogen) atoms. The predicted molar refractivity (Wildman–Crippen MR) is 91.6 cm³/mol. The number of nitrogens with zero attached hydrogens (tertiary/aromatic N) is 2. The average Bonchev–Trinajstić information content (AvgIpc) is 2.77. The number of rotatable bonds is 1. The second-order valence-electron chi connectivity index (χ2n) is 5.30. The maximum Gasteiger partial charge on any atom is 0.279 e. The molecule has 112 valence electrons. The Labute approximate surface area is 137 Å². The van der Waals surface area contributed by atoms with E-state index < -0.39 is 0 Å². The van der Waals surface area contributed by atoms with E-state index in [1.54, 1.807) is 24.3 Å². The highest BCUT2D eigenvalue weighted by molar-refractivity contribution is 7.16. The summed E-state index contributed by atoms with van der Waals surface area (Å²) in [6.45, 7) is 4.15. The Balaban J connectivity index is 2.13. The van der Waals surface area contributed by atoms with Crippen LogP contribution in [0.2, 0.25) is 5.02 Å². The van der Waals surface area contributed by atoms with Gasteiger partial charge >= 0.3 is 0 Å². The maximum absolute atomic E-state index is 12.3. The van der Waals surface area contributed by atoms with Crippen molar-refractivity contribution < 1.29 is 4.79 Å². The van der Waals surface area contributed by atoms with Crippen molar-refractivity contribution in [2.75, 3.05) is 0 Å². The fraction of sp³-hybridized carbons (Fsp3) is 0.176. The van der Waals surface area contributed by atoms with Crippen LogP contribution in [0.1, 0.15) is 21.5 Å². The summed E-state index contributed by atoms with van der Waals surface area (Å²) in [6, 6.07) is 11.0. The molecule has 0 fully saturated rings. The number of hydrogen-bond acceptors (Lipinski definition) is 2. The van der Waals surface area contributed by atoms with E-state index in [1.165, 1.54) is 22.5 Å². The first kappa shape index (κ1) is 15.0. The molecule has 3 aromatic rings. The molecule has 0 radical (unpaired) electrons. The van der Waals surface area contributed by atoms with Crippen LogP contribution in [0.4, 0.5) is 0 Å². The fourth-order valence-electron chi connectivity index (χ4n) is 2.42. The number of aryl methyl sites for hydroxylation is 3. The topological polar surface area (TPSA) is 34.4 Å². The zero-order valence-electron chi connectivity index (χ0n) is 12.6. The largest absolute Gasteiger partial charge is 0.319 e. The van der Waals surface area contributed by atoms with E-state index in [-0.39, 0.29) is 5.91 Å². The third-order valence-electron chi connectivity index (χ3n) is 3.53. The van der Waals surface area contributed by atoms with Crippen molar-refractivity contribution in [1.82, 2.24) is 4.57 Å². The van der Waals surface area contributed by atoms with Crippen molar-refractivity contribution in [3.05, 3.63) is 62.9 Å². The van der Waals surface area contributed by atoms with Gasteiger partial charge in [-0.1, -0.05) is 29.0 Å². The van der Waals surface area contributed by atoms with Crippen LogP contribution >= 0.6 is 22.9 Å². The first-order chi connectivity index (χ1) is 10.5. The number of hydrogen-bond donors (Lipinski definition) is 0. The van der Waals surface area contributed by atoms with Crippen molar-refractivity contribution in [2.45, 2.75) is 13.8 Å². The number of benzene rings is 2. The van der Waals surface area contributed by atoms with Gasteiger partial charge in [0.1, 0.15) is 0 Å². The van der Waals surface area contributed by atoms with Gasteiger partial charge in [0.2, 0.25) is 0 Å². The zero-order chi connectivity index (χ0) is 15.9. The van der Waals surface area contributed by atoms with Crippen LogP contribution in [0, 0.1) is 13.8 Å². The van der Waals surface area contributed by atoms with Gasteiger partial charge in [0.15, 0.2) is 4.80 Å². The average molecular weight is 331 g/mol. The van der Waals surface area contributed by atoms with Gasteiger partial charge in [-0.25, -0.2) is 0 Å². The number of thiazole rings is 1. The lowest BCUT2D eigenvalue weighted by molar-refractivity contribution is 0.0998. The van der Waals surface area contributed by atoms with E-state index in [2.05, 4.69) is 31.0 Å². The lowest BCUT2D eigenvalue weighted by atomic mass is 10.1. The highest BCUT2D eigenvalue weighted by Crippen LogP contribution is 2.22. The quantitative estimate of drug-likeness (QED) is 0.656. The Morgan fingerprint density at radius 1 is 1.18 bits per heavy atom. The monoisotopic (exact) mass is 330 g/mol. The molecule has 0 aliphatic heterocycles. The van der Waals surface area contributed by atoms with Gasteiger partial charge in [0.05, 0.1) is 10.2 Å². The van der Waals surface area contributed by atoms with Gasteiger partial charge in [-0.3, -0.25) is 4.79 Å². The smallest absolute Gasteiger partial charge is 0.279 e. The summed E-state index contributed by atoms with van der Waals surface area (Å²) in [5.41, 5.74) is 4.05. The van der Waals surface area contributed by atoms with Gasteiger partial charge in [-0.15, -0.1) is 0 Å². The Morgan fingerprint density at radius 2 is 1.86 bits per heavy atom. The number of aromatic nitrogens is 1. The Bertz CT molecular complexity index is 936. The molecule has 0 aliphatic rings.